The molecule has 0 aromatic heterocycles. The van der Waals surface area contributed by atoms with Crippen LogP contribution in [0.15, 0.2) is 48.5 Å². The van der Waals surface area contributed by atoms with Crippen molar-refractivity contribution in [1.29, 1.82) is 0 Å². The summed E-state index contributed by atoms with van der Waals surface area (Å²) in [6.45, 7) is 1.81. The van der Waals surface area contributed by atoms with Gasteiger partial charge in [0.2, 0.25) is 0 Å². The van der Waals surface area contributed by atoms with Crippen LogP contribution in [0.4, 0.5) is 4.39 Å². The highest BCUT2D eigenvalue weighted by Gasteiger charge is 2.08. The Kier molecular flexibility index (Phi) is 4.94. The molecule has 2 aromatic carbocycles. The van der Waals surface area contributed by atoms with Crippen molar-refractivity contribution in [3.63, 3.8) is 0 Å². The lowest BCUT2D eigenvalue weighted by Gasteiger charge is -2.08. The number of allylic oxidation sites excluding steroid dienone is 1. The standard InChI is InChI=1S/C18H17FO3/c1-12(9-18(20)22-3)13-5-4-6-14(10-13)16-8-7-15(21-2)11-17(16)19/h4-11H,1-3H3/b12-9+. The zero-order valence-electron chi connectivity index (χ0n) is 12.7. The molecule has 0 heterocycles. The normalized spacial score (nSPS) is 11.2. The Morgan fingerprint density at radius 1 is 1.14 bits per heavy atom. The molecule has 2 aromatic rings. The van der Waals surface area contributed by atoms with Crippen LogP contribution < -0.4 is 4.74 Å². The first-order chi connectivity index (χ1) is 10.5. The van der Waals surface area contributed by atoms with Gasteiger partial charge in [0, 0.05) is 17.7 Å². The third-order valence-electron chi connectivity index (χ3n) is 3.34. The molecule has 2 rings (SSSR count). The second-order valence-electron chi connectivity index (χ2n) is 4.78. The van der Waals surface area contributed by atoms with Crippen LogP contribution in [-0.4, -0.2) is 20.2 Å². The molecule has 0 radical (unpaired) electrons. The highest BCUT2D eigenvalue weighted by atomic mass is 19.1. The van der Waals surface area contributed by atoms with Crippen LogP contribution in [0.3, 0.4) is 0 Å². The maximum atomic E-state index is 14.2. The summed E-state index contributed by atoms with van der Waals surface area (Å²) in [5, 5.41) is 0. The van der Waals surface area contributed by atoms with Gasteiger partial charge in [0.05, 0.1) is 14.2 Å². The number of hydrogen-bond acceptors (Lipinski definition) is 3. The van der Waals surface area contributed by atoms with Gasteiger partial charge in [0.25, 0.3) is 0 Å². The second-order valence-corrected chi connectivity index (χ2v) is 4.78. The minimum atomic E-state index is -0.418. The largest absolute Gasteiger partial charge is 0.497 e. The Morgan fingerprint density at radius 2 is 1.91 bits per heavy atom. The molecule has 0 amide bonds. The van der Waals surface area contributed by atoms with E-state index in [1.165, 1.54) is 26.4 Å². The molecule has 4 heteroatoms. The Bertz CT molecular complexity index is 720. The monoisotopic (exact) mass is 300 g/mol. The molecule has 0 aliphatic carbocycles. The van der Waals surface area contributed by atoms with Gasteiger partial charge in [-0.2, -0.15) is 0 Å². The number of carbonyl (C=O) groups excluding carboxylic acids is 1. The molecule has 0 aliphatic rings. The summed E-state index contributed by atoms with van der Waals surface area (Å²) in [7, 11) is 2.82. The number of esters is 1. The fourth-order valence-corrected chi connectivity index (χ4v) is 2.11. The van der Waals surface area contributed by atoms with Crippen LogP contribution in [0.2, 0.25) is 0 Å². The predicted molar refractivity (Wildman–Crippen MR) is 84.1 cm³/mol. The maximum Gasteiger partial charge on any atom is 0.330 e. The van der Waals surface area contributed by atoms with Gasteiger partial charge in [-0.05, 0) is 41.8 Å². The lowest BCUT2D eigenvalue weighted by atomic mass is 9.99. The summed E-state index contributed by atoms with van der Waals surface area (Å²) >= 11 is 0. The van der Waals surface area contributed by atoms with Crippen LogP contribution in [0.25, 0.3) is 16.7 Å². The van der Waals surface area contributed by atoms with Gasteiger partial charge in [0.15, 0.2) is 0 Å². The van der Waals surface area contributed by atoms with Gasteiger partial charge in [-0.25, -0.2) is 9.18 Å². The minimum absolute atomic E-state index is 0.355. The molecule has 0 aliphatic heterocycles. The van der Waals surface area contributed by atoms with Crippen LogP contribution >= 0.6 is 0 Å². The summed E-state index contributed by atoms with van der Waals surface area (Å²) in [5.74, 6) is -0.302. The zero-order chi connectivity index (χ0) is 16.1. The van der Waals surface area contributed by atoms with Gasteiger partial charge in [-0.15, -0.1) is 0 Å². The lowest BCUT2D eigenvalue weighted by Crippen LogP contribution is -1.96. The van der Waals surface area contributed by atoms with Gasteiger partial charge >= 0.3 is 5.97 Å². The van der Waals surface area contributed by atoms with E-state index in [-0.39, 0.29) is 5.82 Å². The van der Waals surface area contributed by atoms with Crippen LogP contribution in [0, 0.1) is 5.82 Å². The minimum Gasteiger partial charge on any atom is -0.497 e. The van der Waals surface area contributed by atoms with E-state index in [4.69, 9.17) is 4.74 Å². The number of halogens is 1. The van der Waals surface area contributed by atoms with E-state index in [1.807, 2.05) is 24.3 Å². The number of ether oxygens (including phenoxy) is 2. The fraction of sp³-hybridized carbons (Fsp3) is 0.167. The Labute approximate surface area is 129 Å². The molecular formula is C18H17FO3. The summed E-state index contributed by atoms with van der Waals surface area (Å²) in [4.78, 5) is 11.3. The van der Waals surface area contributed by atoms with Crippen molar-refractivity contribution in [3.8, 4) is 16.9 Å². The molecule has 3 nitrogen and oxygen atoms in total. The second kappa shape index (κ2) is 6.89. The summed E-state index contributed by atoms with van der Waals surface area (Å²) < 4.78 is 23.8. The highest BCUT2D eigenvalue weighted by Crippen LogP contribution is 2.28. The van der Waals surface area contributed by atoms with Gasteiger partial charge in [-0.3, -0.25) is 0 Å². The van der Waals surface area contributed by atoms with Crippen LogP contribution in [0.5, 0.6) is 5.75 Å². The van der Waals surface area contributed by atoms with E-state index in [9.17, 15) is 9.18 Å². The lowest BCUT2D eigenvalue weighted by molar-refractivity contribution is -0.134. The van der Waals surface area contributed by atoms with Crippen molar-refractivity contribution in [3.05, 3.63) is 59.9 Å². The van der Waals surface area contributed by atoms with E-state index >= 15 is 0 Å². The Hall–Kier alpha value is -2.62. The van der Waals surface area contributed by atoms with Crippen molar-refractivity contribution in [2.45, 2.75) is 6.92 Å². The third-order valence-corrected chi connectivity index (χ3v) is 3.34. The molecule has 114 valence electrons. The van der Waals surface area contributed by atoms with E-state index in [2.05, 4.69) is 4.74 Å². The Balaban J connectivity index is 2.40. The smallest absolute Gasteiger partial charge is 0.330 e. The highest BCUT2D eigenvalue weighted by molar-refractivity contribution is 5.91. The number of benzene rings is 2. The molecular weight excluding hydrogens is 283 g/mol. The molecule has 0 saturated carbocycles. The van der Waals surface area contributed by atoms with Crippen molar-refractivity contribution in [1.82, 2.24) is 0 Å². The summed E-state index contributed by atoms with van der Waals surface area (Å²) in [6.07, 6.45) is 1.41. The average Bonchev–Trinajstić information content (AvgIpc) is 2.54. The van der Waals surface area contributed by atoms with Gasteiger partial charge in [0.1, 0.15) is 11.6 Å². The van der Waals surface area contributed by atoms with E-state index in [1.54, 1.807) is 19.1 Å². The number of carbonyl (C=O) groups is 1. The molecule has 0 atom stereocenters. The first kappa shape index (κ1) is 15.8. The van der Waals surface area contributed by atoms with Gasteiger partial charge in [-0.1, -0.05) is 18.2 Å². The topological polar surface area (TPSA) is 35.5 Å². The molecule has 0 bridgehead atoms. The SMILES string of the molecule is COC(=O)/C=C(\C)c1cccc(-c2ccc(OC)cc2F)c1. The quantitative estimate of drug-likeness (QED) is 0.630. The molecule has 22 heavy (non-hydrogen) atoms. The number of methoxy groups -OCH3 is 2. The molecule has 0 saturated heterocycles. The van der Waals surface area contributed by atoms with Crippen molar-refractivity contribution in [2.24, 2.45) is 0 Å². The number of hydrogen-bond donors (Lipinski definition) is 0. The molecule has 0 fully saturated rings. The first-order valence-corrected chi connectivity index (χ1v) is 6.75. The summed E-state index contributed by atoms with van der Waals surface area (Å²) in [5.41, 5.74) is 2.80. The van der Waals surface area contributed by atoms with Crippen LogP contribution in [0.1, 0.15) is 12.5 Å². The van der Waals surface area contributed by atoms with Crippen LogP contribution in [-0.2, 0) is 9.53 Å². The molecule has 0 N–H and O–H groups in total. The van der Waals surface area contributed by atoms with Gasteiger partial charge < -0.3 is 9.47 Å². The molecule has 0 unspecified atom stereocenters. The average molecular weight is 300 g/mol. The fourth-order valence-electron chi connectivity index (χ4n) is 2.11. The van der Waals surface area contributed by atoms with Crippen molar-refractivity contribution < 1.29 is 18.7 Å². The van der Waals surface area contributed by atoms with Crippen molar-refractivity contribution in [2.75, 3.05) is 14.2 Å². The number of rotatable bonds is 4. The molecule has 0 spiro atoms. The van der Waals surface area contributed by atoms with Crippen molar-refractivity contribution >= 4 is 11.5 Å². The van der Waals surface area contributed by atoms with E-state index in [0.717, 1.165) is 16.7 Å². The first-order valence-electron chi connectivity index (χ1n) is 6.75. The third kappa shape index (κ3) is 3.52. The van der Waals surface area contributed by atoms with E-state index < -0.39 is 5.97 Å². The predicted octanol–water partition coefficient (Wildman–Crippen LogP) is 4.08. The van der Waals surface area contributed by atoms with E-state index in [0.29, 0.717) is 11.3 Å². The zero-order valence-corrected chi connectivity index (χ0v) is 12.7. The summed E-state index contributed by atoms with van der Waals surface area (Å²) in [6, 6.07) is 12.1. The Morgan fingerprint density at radius 3 is 2.55 bits per heavy atom. The maximum absolute atomic E-state index is 14.2.